The predicted octanol–water partition coefficient (Wildman–Crippen LogP) is 4.35. The minimum Gasteiger partial charge on any atom is -0.307 e. The standard InChI is InChI=1S/C18H12N2O2S2/c21-11-13-3-1-9-19(17(13)23)15-5-7-16(8-6-15)20-10-2-4-14(12-22)18(20)24/h1-12H. The zero-order valence-electron chi connectivity index (χ0n) is 12.5. The van der Waals surface area contributed by atoms with Crippen LogP contribution in [-0.2, 0) is 0 Å². The summed E-state index contributed by atoms with van der Waals surface area (Å²) in [6.45, 7) is 0. The van der Waals surface area contributed by atoms with E-state index in [-0.39, 0.29) is 0 Å². The van der Waals surface area contributed by atoms with Crippen LogP contribution in [0, 0.1) is 9.28 Å². The molecule has 0 spiro atoms. The Morgan fingerprint density at radius 3 is 1.38 bits per heavy atom. The summed E-state index contributed by atoms with van der Waals surface area (Å²) in [4.78, 5) is 22.0. The van der Waals surface area contributed by atoms with Crippen LogP contribution >= 0.6 is 24.4 Å². The second kappa shape index (κ2) is 6.82. The summed E-state index contributed by atoms with van der Waals surface area (Å²) < 4.78 is 4.45. The zero-order chi connectivity index (χ0) is 17.1. The number of pyridine rings is 2. The Labute approximate surface area is 148 Å². The van der Waals surface area contributed by atoms with Crippen LogP contribution in [0.15, 0.2) is 60.9 Å². The van der Waals surface area contributed by atoms with E-state index in [1.165, 1.54) is 0 Å². The molecule has 0 radical (unpaired) electrons. The molecule has 3 aromatic rings. The van der Waals surface area contributed by atoms with Gasteiger partial charge in [0.25, 0.3) is 0 Å². The number of aldehydes is 2. The fourth-order valence-electron chi connectivity index (χ4n) is 2.38. The summed E-state index contributed by atoms with van der Waals surface area (Å²) in [6, 6.07) is 14.5. The Balaban J connectivity index is 2.07. The van der Waals surface area contributed by atoms with E-state index in [0.717, 1.165) is 23.9 Å². The van der Waals surface area contributed by atoms with Crippen LogP contribution in [0.5, 0.6) is 0 Å². The fourth-order valence-corrected chi connectivity index (χ4v) is 2.95. The summed E-state index contributed by atoms with van der Waals surface area (Å²) in [5, 5.41) is 0. The van der Waals surface area contributed by atoms with E-state index >= 15 is 0 Å². The molecule has 0 fully saturated rings. The smallest absolute Gasteiger partial charge is 0.153 e. The van der Waals surface area contributed by atoms with E-state index in [0.29, 0.717) is 20.4 Å². The van der Waals surface area contributed by atoms with Gasteiger partial charge in [-0.3, -0.25) is 9.59 Å². The quantitative estimate of drug-likeness (QED) is 0.517. The van der Waals surface area contributed by atoms with Crippen molar-refractivity contribution in [3.05, 3.63) is 81.3 Å². The van der Waals surface area contributed by atoms with Crippen molar-refractivity contribution >= 4 is 37.0 Å². The lowest BCUT2D eigenvalue weighted by atomic mass is 10.2. The third kappa shape index (κ3) is 2.89. The van der Waals surface area contributed by atoms with Crippen molar-refractivity contribution in [3.63, 3.8) is 0 Å². The Kier molecular flexibility index (Phi) is 4.59. The molecular formula is C18H12N2O2S2. The Hall–Kier alpha value is -2.70. The lowest BCUT2D eigenvalue weighted by molar-refractivity contribution is 0.111. The number of benzene rings is 1. The molecule has 0 unspecified atom stereocenters. The highest BCUT2D eigenvalue weighted by Crippen LogP contribution is 2.16. The SMILES string of the molecule is O=Cc1cccn(-c2ccc(-n3cccc(C=O)c3=S)cc2)c1=S. The first-order chi connectivity index (χ1) is 11.7. The van der Waals surface area contributed by atoms with Gasteiger partial charge in [-0.2, -0.15) is 0 Å². The number of carbonyl (C=O) groups excluding carboxylic acids is 2. The zero-order valence-corrected chi connectivity index (χ0v) is 14.1. The maximum Gasteiger partial charge on any atom is 0.153 e. The number of rotatable bonds is 4. The number of hydrogen-bond acceptors (Lipinski definition) is 4. The van der Waals surface area contributed by atoms with Crippen LogP contribution in [-0.4, -0.2) is 21.7 Å². The van der Waals surface area contributed by atoms with E-state index in [4.69, 9.17) is 24.4 Å². The van der Waals surface area contributed by atoms with Crippen molar-refractivity contribution in [2.45, 2.75) is 0 Å². The van der Waals surface area contributed by atoms with Gasteiger partial charge in [0.1, 0.15) is 9.28 Å². The van der Waals surface area contributed by atoms with Crippen LogP contribution < -0.4 is 0 Å². The van der Waals surface area contributed by atoms with Crippen molar-refractivity contribution in [1.82, 2.24) is 9.13 Å². The van der Waals surface area contributed by atoms with Gasteiger partial charge in [0, 0.05) is 34.9 Å². The molecule has 0 aliphatic carbocycles. The van der Waals surface area contributed by atoms with Crippen LogP contribution in [0.4, 0.5) is 0 Å². The third-order valence-corrected chi connectivity index (χ3v) is 4.48. The highest BCUT2D eigenvalue weighted by atomic mass is 32.1. The summed E-state index contributed by atoms with van der Waals surface area (Å²) in [7, 11) is 0. The first-order valence-corrected chi connectivity index (χ1v) is 7.92. The topological polar surface area (TPSA) is 44.0 Å². The highest BCUT2D eigenvalue weighted by Gasteiger charge is 2.04. The predicted molar refractivity (Wildman–Crippen MR) is 97.5 cm³/mol. The van der Waals surface area contributed by atoms with Crippen molar-refractivity contribution < 1.29 is 9.59 Å². The summed E-state index contributed by atoms with van der Waals surface area (Å²) in [6.07, 6.45) is 5.11. The van der Waals surface area contributed by atoms with Gasteiger partial charge in [0.15, 0.2) is 12.6 Å². The molecule has 0 aliphatic rings. The first-order valence-electron chi connectivity index (χ1n) is 7.10. The average Bonchev–Trinajstić information content (AvgIpc) is 2.62. The molecule has 24 heavy (non-hydrogen) atoms. The largest absolute Gasteiger partial charge is 0.307 e. The average molecular weight is 352 g/mol. The van der Waals surface area contributed by atoms with E-state index in [9.17, 15) is 9.59 Å². The number of aromatic nitrogens is 2. The second-order valence-electron chi connectivity index (χ2n) is 5.03. The summed E-state index contributed by atoms with van der Waals surface area (Å²) >= 11 is 10.6. The van der Waals surface area contributed by atoms with Gasteiger partial charge in [-0.25, -0.2) is 0 Å². The van der Waals surface area contributed by atoms with Crippen molar-refractivity contribution in [2.75, 3.05) is 0 Å². The van der Waals surface area contributed by atoms with E-state index < -0.39 is 0 Å². The van der Waals surface area contributed by atoms with Crippen LogP contribution in [0.3, 0.4) is 0 Å². The molecule has 0 saturated carbocycles. The van der Waals surface area contributed by atoms with Gasteiger partial charge in [0.05, 0.1) is 0 Å². The molecule has 0 N–H and O–H groups in total. The molecule has 3 rings (SSSR count). The Morgan fingerprint density at radius 2 is 1.04 bits per heavy atom. The van der Waals surface area contributed by atoms with E-state index in [1.54, 1.807) is 33.4 Å². The van der Waals surface area contributed by atoms with Gasteiger partial charge in [-0.15, -0.1) is 0 Å². The maximum absolute atomic E-state index is 11.0. The van der Waals surface area contributed by atoms with Gasteiger partial charge in [0.2, 0.25) is 0 Å². The third-order valence-electron chi connectivity index (χ3n) is 3.61. The molecule has 0 atom stereocenters. The molecule has 0 saturated heterocycles. The minimum absolute atomic E-state index is 0.458. The number of carbonyl (C=O) groups is 2. The van der Waals surface area contributed by atoms with E-state index in [1.807, 2.05) is 36.7 Å². The summed E-state index contributed by atoms with van der Waals surface area (Å²) in [5.74, 6) is 0. The Morgan fingerprint density at radius 1 is 0.667 bits per heavy atom. The van der Waals surface area contributed by atoms with Crippen molar-refractivity contribution in [1.29, 1.82) is 0 Å². The normalized spacial score (nSPS) is 10.3. The molecule has 1 aromatic carbocycles. The van der Waals surface area contributed by atoms with Crippen LogP contribution in [0.2, 0.25) is 0 Å². The molecule has 6 heteroatoms. The van der Waals surface area contributed by atoms with Gasteiger partial charge >= 0.3 is 0 Å². The number of hydrogen-bond donors (Lipinski definition) is 0. The van der Waals surface area contributed by atoms with Gasteiger partial charge < -0.3 is 9.13 Å². The molecule has 0 aliphatic heterocycles. The molecule has 0 amide bonds. The molecule has 0 bridgehead atoms. The molecule has 118 valence electrons. The van der Waals surface area contributed by atoms with Crippen LogP contribution in [0.25, 0.3) is 11.4 Å². The molecule has 2 heterocycles. The lowest BCUT2D eigenvalue weighted by Gasteiger charge is -2.11. The second-order valence-corrected chi connectivity index (χ2v) is 5.80. The van der Waals surface area contributed by atoms with Crippen molar-refractivity contribution in [2.24, 2.45) is 0 Å². The highest BCUT2D eigenvalue weighted by molar-refractivity contribution is 7.71. The van der Waals surface area contributed by atoms with Crippen molar-refractivity contribution in [3.8, 4) is 11.4 Å². The van der Waals surface area contributed by atoms with Gasteiger partial charge in [-0.1, -0.05) is 24.4 Å². The number of nitrogens with zero attached hydrogens (tertiary/aromatic N) is 2. The van der Waals surface area contributed by atoms with Crippen LogP contribution in [0.1, 0.15) is 20.7 Å². The molecular weight excluding hydrogens is 340 g/mol. The summed E-state index contributed by atoms with van der Waals surface area (Å²) in [5.41, 5.74) is 2.62. The fraction of sp³-hybridized carbons (Fsp3) is 0. The molecule has 2 aromatic heterocycles. The first kappa shape index (κ1) is 16.2. The monoisotopic (exact) mass is 352 g/mol. The lowest BCUT2D eigenvalue weighted by Crippen LogP contribution is -2.02. The maximum atomic E-state index is 11.0. The van der Waals surface area contributed by atoms with E-state index in [2.05, 4.69) is 0 Å². The molecule has 4 nitrogen and oxygen atoms in total. The Bertz CT molecular complexity index is 949. The minimum atomic E-state index is 0.458. The van der Waals surface area contributed by atoms with Gasteiger partial charge in [-0.05, 0) is 48.5 Å².